The summed E-state index contributed by atoms with van der Waals surface area (Å²) in [5.74, 6) is 0.663. The molecule has 0 bridgehead atoms. The summed E-state index contributed by atoms with van der Waals surface area (Å²) in [6, 6.07) is 20.2. The average molecular weight is 533 g/mol. The van der Waals surface area contributed by atoms with Crippen LogP contribution in [0.15, 0.2) is 80.7 Å². The van der Waals surface area contributed by atoms with Crippen LogP contribution in [0.2, 0.25) is 13.1 Å². The summed E-state index contributed by atoms with van der Waals surface area (Å²) in [5, 5.41) is 0. The van der Waals surface area contributed by atoms with Crippen LogP contribution in [0.4, 0.5) is 0 Å². The molecule has 0 aliphatic heterocycles. The molecular formula is C26H30Cl2SiZr. The fourth-order valence-corrected chi connectivity index (χ4v) is 24.7. The molecule has 0 radical (unpaired) electrons. The molecule has 4 rings (SSSR count). The molecule has 0 amide bonds. The van der Waals surface area contributed by atoms with Gasteiger partial charge in [-0.25, -0.2) is 0 Å². The number of halogens is 2. The molecule has 0 heterocycles. The fourth-order valence-electron chi connectivity index (χ4n) is 5.01. The minimum absolute atomic E-state index is 0. The van der Waals surface area contributed by atoms with E-state index in [9.17, 15) is 0 Å². The van der Waals surface area contributed by atoms with Crippen molar-refractivity contribution in [3.63, 3.8) is 0 Å². The van der Waals surface area contributed by atoms with Crippen molar-refractivity contribution >= 4 is 11.0 Å². The Balaban J connectivity index is 0.00000160. The molecule has 2 atom stereocenters. The van der Waals surface area contributed by atoms with E-state index in [0.29, 0.717) is 9.54 Å². The van der Waals surface area contributed by atoms with Gasteiger partial charge in [-0.3, -0.25) is 0 Å². The van der Waals surface area contributed by atoms with E-state index >= 15 is 0 Å². The molecule has 0 spiro atoms. The first kappa shape index (κ1) is 25.6. The van der Waals surface area contributed by atoms with Gasteiger partial charge >= 0.3 is 179 Å². The molecule has 2 aromatic carbocycles. The van der Waals surface area contributed by atoms with Crippen LogP contribution in [0.5, 0.6) is 0 Å². The van der Waals surface area contributed by atoms with E-state index in [1.165, 1.54) is 16.7 Å². The molecule has 0 saturated heterocycles. The van der Waals surface area contributed by atoms with Crippen molar-refractivity contribution in [2.45, 2.75) is 44.4 Å². The van der Waals surface area contributed by atoms with Crippen LogP contribution in [0, 0.1) is 5.92 Å². The minimum Gasteiger partial charge on any atom is -1.00 e. The van der Waals surface area contributed by atoms with E-state index in [1.54, 1.807) is 22.3 Å². The summed E-state index contributed by atoms with van der Waals surface area (Å²) in [6.45, 7) is 14.8. The van der Waals surface area contributed by atoms with Gasteiger partial charge in [0.1, 0.15) is 0 Å². The van der Waals surface area contributed by atoms with Crippen molar-refractivity contribution in [1.82, 2.24) is 0 Å². The standard InChI is InChI=1S/C15H11.C9H13.C2H6Si.2ClH.Zr/c1-2-6-12(7-3-1)15-11-10-13-8-4-5-9-14(13)15;1-6-5-7(2)9(4)8(6)3;1-3-2;;;/h1-11H;6H,1-4H3;1-2H3;2*1H;/q;;;;;+2/p-2. The van der Waals surface area contributed by atoms with E-state index in [1.807, 2.05) is 3.28 Å². The molecular weight excluding hydrogens is 503 g/mol. The number of hydrogen-bond donors (Lipinski definition) is 0. The first-order valence-electron chi connectivity index (χ1n) is 10.3. The molecule has 2 unspecified atom stereocenters. The third-order valence-corrected chi connectivity index (χ3v) is 25.4. The molecule has 4 heteroatoms. The molecule has 0 aromatic heterocycles. The quantitative estimate of drug-likeness (QED) is 0.523. The summed E-state index contributed by atoms with van der Waals surface area (Å²) >= 11 is -1.88. The molecule has 0 fully saturated rings. The van der Waals surface area contributed by atoms with Gasteiger partial charge in [-0.1, -0.05) is 0 Å². The molecule has 30 heavy (non-hydrogen) atoms. The maximum atomic E-state index is 2.67. The average Bonchev–Trinajstić information content (AvgIpc) is 3.17. The van der Waals surface area contributed by atoms with Crippen LogP contribution < -0.4 is 24.8 Å². The fraction of sp³-hybridized carbons (Fsp3) is 0.308. The topological polar surface area (TPSA) is 0 Å². The van der Waals surface area contributed by atoms with Crippen LogP contribution in [-0.2, 0) is 20.4 Å². The SMILES string of the molecule is CC1=C(C)C(C)[C]([Zr+2]([CH]2C=C(c3ccccc3)c3ccccc32)=[Si](C)C)=C1C.[Cl-].[Cl-]. The van der Waals surface area contributed by atoms with E-state index in [0.717, 1.165) is 0 Å². The van der Waals surface area contributed by atoms with Crippen molar-refractivity contribution in [2.75, 3.05) is 0 Å². The predicted molar refractivity (Wildman–Crippen MR) is 120 cm³/mol. The number of allylic oxidation sites excluding steroid dienone is 5. The van der Waals surface area contributed by atoms with Gasteiger partial charge in [-0.15, -0.1) is 0 Å². The van der Waals surface area contributed by atoms with Gasteiger partial charge in [0, 0.05) is 0 Å². The Labute approximate surface area is 202 Å². The van der Waals surface area contributed by atoms with Crippen LogP contribution in [0.3, 0.4) is 0 Å². The van der Waals surface area contributed by atoms with Crippen LogP contribution >= 0.6 is 0 Å². The zero-order valence-electron chi connectivity index (χ0n) is 18.7. The molecule has 0 saturated carbocycles. The summed E-state index contributed by atoms with van der Waals surface area (Å²) in [4.78, 5) is 0. The van der Waals surface area contributed by atoms with Gasteiger partial charge in [-0.05, 0) is 0 Å². The second-order valence-corrected chi connectivity index (χ2v) is 25.9. The first-order valence-corrected chi connectivity index (χ1v) is 19.2. The number of fused-ring (bicyclic) bond motifs is 1. The molecule has 156 valence electrons. The smallest absolute Gasteiger partial charge is 1.00 e. The monoisotopic (exact) mass is 530 g/mol. The van der Waals surface area contributed by atoms with E-state index < -0.39 is 20.4 Å². The third-order valence-electron chi connectivity index (χ3n) is 6.78. The Morgan fingerprint density at radius 3 is 1.97 bits per heavy atom. The minimum atomic E-state index is -1.88. The molecule has 2 aliphatic carbocycles. The molecule has 2 aliphatic rings. The number of rotatable bonds is 3. The van der Waals surface area contributed by atoms with Gasteiger partial charge in [0.15, 0.2) is 0 Å². The first-order chi connectivity index (χ1) is 13.4. The summed E-state index contributed by atoms with van der Waals surface area (Å²) in [5.41, 5.74) is 10.4. The summed E-state index contributed by atoms with van der Waals surface area (Å²) < 4.78 is 2.59. The van der Waals surface area contributed by atoms with Crippen LogP contribution in [0.25, 0.3) is 5.57 Å². The van der Waals surface area contributed by atoms with Crippen LogP contribution in [-0.4, -0.2) is 5.43 Å². The van der Waals surface area contributed by atoms with Crippen molar-refractivity contribution < 1.29 is 45.2 Å². The second-order valence-electron chi connectivity index (χ2n) is 8.49. The Morgan fingerprint density at radius 1 is 0.800 bits per heavy atom. The van der Waals surface area contributed by atoms with Gasteiger partial charge in [0.2, 0.25) is 0 Å². The zero-order chi connectivity index (χ0) is 20.0. The maximum Gasteiger partial charge on any atom is -1.00 e. The van der Waals surface area contributed by atoms with E-state index in [-0.39, 0.29) is 30.2 Å². The van der Waals surface area contributed by atoms with Crippen molar-refractivity contribution in [2.24, 2.45) is 5.92 Å². The number of benzene rings is 2. The summed E-state index contributed by atoms with van der Waals surface area (Å²) in [6.07, 6.45) is 2.67. The van der Waals surface area contributed by atoms with E-state index in [4.69, 9.17) is 0 Å². The van der Waals surface area contributed by atoms with Crippen molar-refractivity contribution in [3.05, 3.63) is 97.4 Å². The predicted octanol–water partition coefficient (Wildman–Crippen LogP) is 1.31. The Kier molecular flexibility index (Phi) is 8.79. The van der Waals surface area contributed by atoms with Gasteiger partial charge in [-0.2, -0.15) is 0 Å². The third kappa shape index (κ3) is 4.31. The van der Waals surface area contributed by atoms with Gasteiger partial charge in [0.05, 0.1) is 0 Å². The van der Waals surface area contributed by atoms with Gasteiger partial charge in [0.25, 0.3) is 0 Å². The van der Waals surface area contributed by atoms with Crippen molar-refractivity contribution in [1.29, 1.82) is 0 Å². The second kappa shape index (κ2) is 10.3. The maximum absolute atomic E-state index is 2.67. The molecule has 0 nitrogen and oxygen atoms in total. The Bertz CT molecular complexity index is 1070. The number of hydrogen-bond acceptors (Lipinski definition) is 0. The van der Waals surface area contributed by atoms with Crippen LogP contribution in [0.1, 0.15) is 48.0 Å². The Hall–Kier alpha value is -0.660. The van der Waals surface area contributed by atoms with Crippen molar-refractivity contribution in [3.8, 4) is 0 Å². The zero-order valence-corrected chi connectivity index (χ0v) is 23.7. The van der Waals surface area contributed by atoms with E-state index in [2.05, 4.69) is 101 Å². The Morgan fingerprint density at radius 2 is 1.40 bits per heavy atom. The summed E-state index contributed by atoms with van der Waals surface area (Å²) in [7, 11) is 0. The van der Waals surface area contributed by atoms with Gasteiger partial charge < -0.3 is 24.8 Å². The normalized spacial score (nSPS) is 19.4. The molecule has 0 N–H and O–H groups in total. The largest absolute Gasteiger partial charge is 1.00 e. The molecule has 2 aromatic rings.